The predicted octanol–water partition coefficient (Wildman–Crippen LogP) is 4.00. The minimum absolute atomic E-state index is 0.910. The Kier molecular flexibility index (Phi) is 3.38. The van der Waals surface area contributed by atoms with Crippen LogP contribution in [0.25, 0.3) is 10.4 Å². The number of nitrogens with zero attached hydrogens (tertiary/aromatic N) is 1. The van der Waals surface area contributed by atoms with E-state index in [1.807, 2.05) is 18.3 Å². The van der Waals surface area contributed by atoms with E-state index in [0.29, 0.717) is 0 Å². The fraction of sp³-hybridized carbons (Fsp3) is 0.182. The average molecular weight is 283 g/mol. The molecule has 0 radical (unpaired) electrons. The summed E-state index contributed by atoms with van der Waals surface area (Å²) in [6.07, 6.45) is 1.91. The van der Waals surface area contributed by atoms with E-state index in [1.54, 1.807) is 11.3 Å². The molecule has 0 saturated heterocycles. The first kappa shape index (κ1) is 10.6. The van der Waals surface area contributed by atoms with Crippen molar-refractivity contribution in [1.82, 2.24) is 4.98 Å². The lowest BCUT2D eigenvalue weighted by Crippen LogP contribution is -1.94. The van der Waals surface area contributed by atoms with Gasteiger partial charge in [-0.15, -0.1) is 0 Å². The van der Waals surface area contributed by atoms with Gasteiger partial charge >= 0.3 is 0 Å². The molecule has 0 aliphatic heterocycles. The Morgan fingerprint density at radius 1 is 1.33 bits per heavy atom. The minimum atomic E-state index is 0.910. The fourth-order valence-corrected chi connectivity index (χ4v) is 2.41. The Morgan fingerprint density at radius 2 is 2.07 bits per heavy atom. The topological polar surface area (TPSA) is 24.9 Å². The molecule has 1 N–H and O–H groups in total. The summed E-state index contributed by atoms with van der Waals surface area (Å²) in [4.78, 5) is 5.49. The lowest BCUT2D eigenvalue weighted by atomic mass is 10.2. The first-order valence-corrected chi connectivity index (χ1v) is 6.36. The maximum atomic E-state index is 4.30. The van der Waals surface area contributed by atoms with Crippen molar-refractivity contribution in [3.63, 3.8) is 0 Å². The van der Waals surface area contributed by atoms with E-state index in [1.165, 1.54) is 10.4 Å². The number of halogens is 1. The Balaban J connectivity index is 2.25. The Bertz CT molecular complexity index is 436. The highest BCUT2D eigenvalue weighted by molar-refractivity contribution is 9.10. The van der Waals surface area contributed by atoms with E-state index >= 15 is 0 Å². The van der Waals surface area contributed by atoms with Gasteiger partial charge in [0.2, 0.25) is 0 Å². The van der Waals surface area contributed by atoms with E-state index in [0.717, 1.165) is 16.1 Å². The number of aromatic nitrogens is 1. The second-order valence-electron chi connectivity index (χ2n) is 3.07. The molecule has 1 aromatic heterocycles. The molecular formula is C11H11BrN2S. The lowest BCUT2D eigenvalue weighted by Gasteiger charge is -1.96. The van der Waals surface area contributed by atoms with Crippen LogP contribution < -0.4 is 5.32 Å². The standard InChI is InChI=1S/C11H11BrN2S/c1-2-13-11-14-7-10(15-11)8-3-5-9(12)6-4-8/h3-7H,2H2,1H3,(H,13,14). The van der Waals surface area contributed by atoms with Gasteiger partial charge in [0.1, 0.15) is 0 Å². The molecule has 0 atom stereocenters. The molecule has 0 bridgehead atoms. The van der Waals surface area contributed by atoms with E-state index in [2.05, 4.69) is 45.3 Å². The molecule has 0 unspecified atom stereocenters. The van der Waals surface area contributed by atoms with Crippen LogP contribution in [-0.4, -0.2) is 11.5 Å². The van der Waals surface area contributed by atoms with Crippen LogP contribution in [-0.2, 0) is 0 Å². The highest BCUT2D eigenvalue weighted by Crippen LogP contribution is 2.29. The molecule has 0 aliphatic rings. The van der Waals surface area contributed by atoms with Crippen molar-refractivity contribution < 1.29 is 0 Å². The number of rotatable bonds is 3. The van der Waals surface area contributed by atoms with Crippen LogP contribution in [0.4, 0.5) is 5.13 Å². The molecule has 15 heavy (non-hydrogen) atoms. The van der Waals surface area contributed by atoms with Crippen molar-refractivity contribution >= 4 is 32.4 Å². The first-order chi connectivity index (χ1) is 7.29. The number of hydrogen-bond donors (Lipinski definition) is 1. The molecule has 0 amide bonds. The zero-order valence-corrected chi connectivity index (χ0v) is 10.7. The molecular weight excluding hydrogens is 272 g/mol. The smallest absolute Gasteiger partial charge is 0.183 e. The third kappa shape index (κ3) is 2.58. The highest BCUT2D eigenvalue weighted by Gasteiger charge is 2.02. The molecule has 2 rings (SSSR count). The third-order valence-electron chi connectivity index (χ3n) is 1.96. The van der Waals surface area contributed by atoms with Crippen molar-refractivity contribution in [3.8, 4) is 10.4 Å². The van der Waals surface area contributed by atoms with Crippen molar-refractivity contribution in [2.45, 2.75) is 6.92 Å². The van der Waals surface area contributed by atoms with Crippen LogP contribution >= 0.6 is 27.3 Å². The largest absolute Gasteiger partial charge is 0.362 e. The molecule has 2 nitrogen and oxygen atoms in total. The van der Waals surface area contributed by atoms with Crippen molar-refractivity contribution in [2.24, 2.45) is 0 Å². The summed E-state index contributed by atoms with van der Waals surface area (Å²) in [5.41, 5.74) is 1.21. The van der Waals surface area contributed by atoms with Gasteiger partial charge in [0.05, 0.1) is 4.88 Å². The zero-order chi connectivity index (χ0) is 10.7. The zero-order valence-electron chi connectivity index (χ0n) is 8.33. The maximum absolute atomic E-state index is 4.30. The van der Waals surface area contributed by atoms with Gasteiger partial charge in [0.15, 0.2) is 5.13 Å². The number of hydrogen-bond acceptors (Lipinski definition) is 3. The molecule has 0 spiro atoms. The van der Waals surface area contributed by atoms with Crippen LogP contribution in [0.1, 0.15) is 6.92 Å². The highest BCUT2D eigenvalue weighted by atomic mass is 79.9. The lowest BCUT2D eigenvalue weighted by molar-refractivity contribution is 1.19. The summed E-state index contributed by atoms with van der Waals surface area (Å²) in [5.74, 6) is 0. The van der Waals surface area contributed by atoms with Crippen molar-refractivity contribution in [2.75, 3.05) is 11.9 Å². The fourth-order valence-electron chi connectivity index (χ4n) is 1.25. The summed E-state index contributed by atoms with van der Waals surface area (Å²) in [7, 11) is 0. The van der Waals surface area contributed by atoms with E-state index < -0.39 is 0 Å². The molecule has 0 saturated carbocycles. The van der Waals surface area contributed by atoms with Crippen LogP contribution in [0, 0.1) is 0 Å². The van der Waals surface area contributed by atoms with Gasteiger partial charge in [-0.3, -0.25) is 0 Å². The Morgan fingerprint density at radius 3 is 2.73 bits per heavy atom. The number of nitrogens with one attached hydrogen (secondary N) is 1. The molecule has 1 heterocycles. The van der Waals surface area contributed by atoms with Crippen LogP contribution in [0.5, 0.6) is 0 Å². The number of anilines is 1. The van der Waals surface area contributed by atoms with Gasteiger partial charge in [-0.1, -0.05) is 39.4 Å². The summed E-state index contributed by atoms with van der Waals surface area (Å²) in [6, 6.07) is 8.27. The summed E-state index contributed by atoms with van der Waals surface area (Å²) < 4.78 is 1.10. The molecule has 1 aromatic carbocycles. The quantitative estimate of drug-likeness (QED) is 0.920. The first-order valence-electron chi connectivity index (χ1n) is 4.75. The molecule has 0 aliphatic carbocycles. The monoisotopic (exact) mass is 282 g/mol. The van der Waals surface area contributed by atoms with Gasteiger partial charge in [-0.2, -0.15) is 0 Å². The normalized spacial score (nSPS) is 10.3. The van der Waals surface area contributed by atoms with Gasteiger partial charge in [0, 0.05) is 17.2 Å². The van der Waals surface area contributed by atoms with Crippen LogP contribution in [0.2, 0.25) is 0 Å². The van der Waals surface area contributed by atoms with Crippen molar-refractivity contribution in [3.05, 3.63) is 34.9 Å². The Labute approximate surface area is 101 Å². The molecule has 2 aromatic rings. The SMILES string of the molecule is CCNc1ncc(-c2ccc(Br)cc2)s1. The van der Waals surface area contributed by atoms with Crippen LogP contribution in [0.3, 0.4) is 0 Å². The third-order valence-corrected chi connectivity index (χ3v) is 3.50. The van der Waals surface area contributed by atoms with Crippen LogP contribution in [0.15, 0.2) is 34.9 Å². The van der Waals surface area contributed by atoms with Gasteiger partial charge in [0.25, 0.3) is 0 Å². The summed E-state index contributed by atoms with van der Waals surface area (Å²) in [6.45, 7) is 2.98. The summed E-state index contributed by atoms with van der Waals surface area (Å²) >= 11 is 5.10. The maximum Gasteiger partial charge on any atom is 0.183 e. The number of thiazole rings is 1. The van der Waals surface area contributed by atoms with Gasteiger partial charge in [-0.05, 0) is 24.6 Å². The molecule has 78 valence electrons. The van der Waals surface area contributed by atoms with Crippen molar-refractivity contribution in [1.29, 1.82) is 0 Å². The minimum Gasteiger partial charge on any atom is -0.362 e. The second-order valence-corrected chi connectivity index (χ2v) is 5.01. The second kappa shape index (κ2) is 4.77. The predicted molar refractivity (Wildman–Crippen MR) is 69.4 cm³/mol. The molecule has 4 heteroatoms. The van der Waals surface area contributed by atoms with Gasteiger partial charge < -0.3 is 5.32 Å². The average Bonchev–Trinajstić information content (AvgIpc) is 2.68. The van der Waals surface area contributed by atoms with E-state index in [9.17, 15) is 0 Å². The Hall–Kier alpha value is -0.870. The van der Waals surface area contributed by atoms with Gasteiger partial charge in [-0.25, -0.2) is 4.98 Å². The van der Waals surface area contributed by atoms with E-state index in [4.69, 9.17) is 0 Å². The molecule has 0 fully saturated rings. The van der Waals surface area contributed by atoms with E-state index in [-0.39, 0.29) is 0 Å². The summed E-state index contributed by atoms with van der Waals surface area (Å²) in [5, 5.41) is 4.19. The number of benzene rings is 1.